The van der Waals surface area contributed by atoms with Gasteiger partial charge in [0.05, 0.1) is 6.54 Å². The maximum absolute atomic E-state index is 12.6. The van der Waals surface area contributed by atoms with Crippen molar-refractivity contribution in [1.82, 2.24) is 9.13 Å². The van der Waals surface area contributed by atoms with Crippen LogP contribution in [0.15, 0.2) is 70.4 Å². The minimum atomic E-state index is -0.594. The lowest BCUT2D eigenvalue weighted by atomic mass is 10.2. The zero-order valence-corrected chi connectivity index (χ0v) is 15.6. The number of amides is 1. The Morgan fingerprint density at radius 3 is 2.52 bits per heavy atom. The van der Waals surface area contributed by atoms with Gasteiger partial charge in [0.25, 0.3) is 5.56 Å². The van der Waals surface area contributed by atoms with Gasteiger partial charge in [-0.05, 0) is 29.8 Å². The Morgan fingerprint density at radius 2 is 1.78 bits per heavy atom. The molecule has 0 atom stereocenters. The van der Waals surface area contributed by atoms with Crippen molar-refractivity contribution in [2.75, 3.05) is 5.32 Å². The number of halogens is 2. The van der Waals surface area contributed by atoms with Crippen molar-refractivity contribution in [2.45, 2.75) is 13.1 Å². The fourth-order valence-electron chi connectivity index (χ4n) is 2.54. The molecule has 0 aliphatic rings. The number of rotatable bonds is 5. The van der Waals surface area contributed by atoms with Crippen molar-refractivity contribution in [3.8, 4) is 0 Å². The van der Waals surface area contributed by atoms with Crippen LogP contribution in [0.25, 0.3) is 0 Å². The first-order valence-corrected chi connectivity index (χ1v) is 8.79. The van der Waals surface area contributed by atoms with Crippen LogP contribution in [0.3, 0.4) is 0 Å². The Hall–Kier alpha value is -2.83. The summed E-state index contributed by atoms with van der Waals surface area (Å²) in [7, 11) is 0. The summed E-state index contributed by atoms with van der Waals surface area (Å²) in [4.78, 5) is 36.9. The highest BCUT2D eigenvalue weighted by Crippen LogP contribution is 2.16. The number of hydrogen-bond donors (Lipinski definition) is 1. The molecule has 3 rings (SSSR count). The van der Waals surface area contributed by atoms with Gasteiger partial charge in [-0.3, -0.25) is 18.7 Å². The molecule has 27 heavy (non-hydrogen) atoms. The van der Waals surface area contributed by atoms with Crippen LogP contribution in [-0.2, 0) is 17.9 Å². The van der Waals surface area contributed by atoms with Crippen molar-refractivity contribution in [3.05, 3.63) is 97.2 Å². The summed E-state index contributed by atoms with van der Waals surface area (Å²) in [5.74, 6) is -0.507. The fourth-order valence-corrected chi connectivity index (χ4v) is 2.93. The van der Waals surface area contributed by atoms with Crippen LogP contribution in [0.4, 0.5) is 5.69 Å². The van der Waals surface area contributed by atoms with Crippen molar-refractivity contribution in [3.63, 3.8) is 0 Å². The maximum Gasteiger partial charge on any atom is 0.331 e. The summed E-state index contributed by atoms with van der Waals surface area (Å²) in [6.45, 7) is -0.220. The van der Waals surface area contributed by atoms with E-state index in [1.54, 1.807) is 48.5 Å². The van der Waals surface area contributed by atoms with E-state index in [9.17, 15) is 14.4 Å². The smallest absolute Gasteiger partial charge is 0.324 e. The van der Waals surface area contributed by atoms with Crippen LogP contribution in [0, 0.1) is 0 Å². The molecule has 1 amide bonds. The molecule has 0 radical (unpaired) electrons. The SMILES string of the molecule is O=C(Cn1c(=O)ccn(Cc2ccccc2Cl)c1=O)Nc1cccc(Cl)c1. The van der Waals surface area contributed by atoms with E-state index >= 15 is 0 Å². The highest BCUT2D eigenvalue weighted by molar-refractivity contribution is 6.31. The van der Waals surface area contributed by atoms with Crippen LogP contribution < -0.4 is 16.6 Å². The van der Waals surface area contributed by atoms with E-state index in [0.717, 1.165) is 10.1 Å². The Morgan fingerprint density at radius 1 is 1.00 bits per heavy atom. The highest BCUT2D eigenvalue weighted by Gasteiger charge is 2.11. The normalized spacial score (nSPS) is 10.6. The molecule has 6 nitrogen and oxygen atoms in total. The van der Waals surface area contributed by atoms with E-state index in [1.165, 1.54) is 16.8 Å². The molecule has 1 N–H and O–H groups in total. The molecule has 0 saturated carbocycles. The molecular weight excluding hydrogens is 389 g/mol. The molecule has 0 fully saturated rings. The molecule has 1 heterocycles. The van der Waals surface area contributed by atoms with E-state index in [0.29, 0.717) is 15.7 Å². The molecule has 138 valence electrons. The molecule has 0 bridgehead atoms. The standard InChI is InChI=1S/C19H15Cl2N3O3/c20-14-5-3-6-15(10-14)22-17(25)12-24-18(26)8-9-23(19(24)27)11-13-4-1-2-7-16(13)21/h1-10H,11-12H2,(H,22,25). The van der Waals surface area contributed by atoms with Gasteiger partial charge >= 0.3 is 5.69 Å². The third-order valence-electron chi connectivity index (χ3n) is 3.85. The van der Waals surface area contributed by atoms with Crippen LogP contribution in [-0.4, -0.2) is 15.0 Å². The molecular formula is C19H15Cl2N3O3. The van der Waals surface area contributed by atoms with Gasteiger partial charge in [0.15, 0.2) is 0 Å². The van der Waals surface area contributed by atoms with E-state index in [-0.39, 0.29) is 6.54 Å². The summed E-state index contributed by atoms with van der Waals surface area (Å²) >= 11 is 12.0. The van der Waals surface area contributed by atoms with Crippen LogP contribution in [0.5, 0.6) is 0 Å². The summed E-state index contributed by atoms with van der Waals surface area (Å²) in [5, 5.41) is 3.59. The van der Waals surface area contributed by atoms with Gasteiger partial charge in [0.1, 0.15) is 6.54 Å². The second-order valence-corrected chi connectivity index (χ2v) is 6.64. The molecule has 0 aliphatic carbocycles. The van der Waals surface area contributed by atoms with E-state index in [1.807, 2.05) is 0 Å². The quantitative estimate of drug-likeness (QED) is 0.711. The van der Waals surface area contributed by atoms with Gasteiger partial charge in [0, 0.05) is 28.0 Å². The van der Waals surface area contributed by atoms with Crippen LogP contribution in [0.1, 0.15) is 5.56 Å². The first-order valence-electron chi connectivity index (χ1n) is 8.03. The van der Waals surface area contributed by atoms with Crippen molar-refractivity contribution in [2.24, 2.45) is 0 Å². The predicted octanol–water partition coefficient (Wildman–Crippen LogP) is 3.00. The number of nitrogens with zero attached hydrogens (tertiary/aromatic N) is 2. The third kappa shape index (κ3) is 4.67. The van der Waals surface area contributed by atoms with Crippen molar-refractivity contribution in [1.29, 1.82) is 0 Å². The Balaban J connectivity index is 1.83. The minimum absolute atomic E-state index is 0.189. The number of aromatic nitrogens is 2. The molecule has 2 aromatic carbocycles. The van der Waals surface area contributed by atoms with Crippen molar-refractivity contribution >= 4 is 34.8 Å². The Kier molecular flexibility index (Phi) is 5.78. The van der Waals surface area contributed by atoms with Crippen LogP contribution in [0.2, 0.25) is 10.0 Å². The van der Waals surface area contributed by atoms with Crippen LogP contribution >= 0.6 is 23.2 Å². The molecule has 3 aromatic rings. The number of anilines is 1. The lowest BCUT2D eigenvalue weighted by Crippen LogP contribution is -2.41. The number of nitrogens with one attached hydrogen (secondary N) is 1. The zero-order valence-electron chi connectivity index (χ0n) is 14.1. The van der Waals surface area contributed by atoms with E-state index in [2.05, 4.69) is 5.32 Å². The van der Waals surface area contributed by atoms with Crippen molar-refractivity contribution < 1.29 is 4.79 Å². The van der Waals surface area contributed by atoms with Gasteiger partial charge in [-0.25, -0.2) is 4.79 Å². The van der Waals surface area contributed by atoms with Gasteiger partial charge in [-0.1, -0.05) is 47.5 Å². The average Bonchev–Trinajstić information content (AvgIpc) is 2.63. The second kappa shape index (κ2) is 8.24. The molecule has 0 saturated heterocycles. The lowest BCUT2D eigenvalue weighted by molar-refractivity contribution is -0.116. The first kappa shape index (κ1) is 18.9. The molecule has 8 heteroatoms. The third-order valence-corrected chi connectivity index (χ3v) is 4.45. The summed E-state index contributed by atoms with van der Waals surface area (Å²) in [6, 6.07) is 14.9. The molecule has 0 unspecified atom stereocenters. The average molecular weight is 404 g/mol. The van der Waals surface area contributed by atoms with E-state index < -0.39 is 23.7 Å². The maximum atomic E-state index is 12.6. The number of carbonyl (C=O) groups excluding carboxylic acids is 1. The Bertz CT molecular complexity index is 1110. The largest absolute Gasteiger partial charge is 0.331 e. The summed E-state index contributed by atoms with van der Waals surface area (Å²) < 4.78 is 2.20. The second-order valence-electron chi connectivity index (χ2n) is 5.80. The fraction of sp³-hybridized carbons (Fsp3) is 0.105. The van der Waals surface area contributed by atoms with Gasteiger partial charge in [0.2, 0.25) is 5.91 Å². The predicted molar refractivity (Wildman–Crippen MR) is 106 cm³/mol. The number of benzene rings is 2. The lowest BCUT2D eigenvalue weighted by Gasteiger charge is -2.11. The summed E-state index contributed by atoms with van der Waals surface area (Å²) in [5.41, 5.74) is 0.0584. The molecule has 0 aliphatic heterocycles. The molecule has 1 aromatic heterocycles. The highest BCUT2D eigenvalue weighted by atomic mass is 35.5. The zero-order chi connectivity index (χ0) is 19.4. The molecule has 0 spiro atoms. The van der Waals surface area contributed by atoms with E-state index in [4.69, 9.17) is 23.2 Å². The monoisotopic (exact) mass is 403 g/mol. The number of carbonyl (C=O) groups is 1. The Labute approximate surface area is 164 Å². The minimum Gasteiger partial charge on any atom is -0.324 e. The van der Waals surface area contributed by atoms with Gasteiger partial charge < -0.3 is 5.32 Å². The van der Waals surface area contributed by atoms with Gasteiger partial charge in [-0.15, -0.1) is 0 Å². The number of hydrogen-bond acceptors (Lipinski definition) is 3. The van der Waals surface area contributed by atoms with Gasteiger partial charge in [-0.2, -0.15) is 0 Å². The topological polar surface area (TPSA) is 73.1 Å². The first-order chi connectivity index (χ1) is 12.9. The summed E-state index contributed by atoms with van der Waals surface area (Å²) in [6.07, 6.45) is 1.39.